The predicted octanol–water partition coefficient (Wildman–Crippen LogP) is 3.63. The van der Waals surface area contributed by atoms with E-state index in [1.165, 1.54) is 57.3 Å². The van der Waals surface area contributed by atoms with Crippen LogP contribution in [0.3, 0.4) is 0 Å². The zero-order valence-electron chi connectivity index (χ0n) is 14.6. The molecule has 3 rings (SSSR count). The molecule has 1 aromatic carbocycles. The van der Waals surface area contributed by atoms with Crippen LogP contribution in [0.25, 0.3) is 0 Å². The van der Waals surface area contributed by atoms with Crippen LogP contribution in [0.15, 0.2) is 24.3 Å². The second-order valence-electron chi connectivity index (χ2n) is 7.21. The molecule has 0 bridgehead atoms. The van der Waals surface area contributed by atoms with Gasteiger partial charge in [-0.15, -0.1) is 0 Å². The number of aryl methyl sites for hydroxylation is 1. The lowest BCUT2D eigenvalue weighted by atomic mass is 10.0. The van der Waals surface area contributed by atoms with E-state index in [4.69, 9.17) is 0 Å². The highest BCUT2D eigenvalue weighted by atomic mass is 19.1. The Balaban J connectivity index is 1.49. The quantitative estimate of drug-likeness (QED) is 0.841. The van der Waals surface area contributed by atoms with Gasteiger partial charge in [-0.3, -0.25) is 9.69 Å². The van der Waals surface area contributed by atoms with Crippen LogP contribution in [0, 0.1) is 5.82 Å². The minimum absolute atomic E-state index is 0.221. The molecule has 0 radical (unpaired) electrons. The number of likely N-dealkylation sites (tertiary alicyclic amines) is 2. The van der Waals surface area contributed by atoms with Gasteiger partial charge in [0.1, 0.15) is 5.82 Å². The summed E-state index contributed by atoms with van der Waals surface area (Å²) in [7, 11) is 0. The number of hydrogen-bond acceptors (Lipinski definition) is 2. The van der Waals surface area contributed by atoms with Crippen molar-refractivity contribution in [1.29, 1.82) is 0 Å². The standard InChI is InChI=1S/C20H29FN2O/c21-18-10-7-17(8-11-18)9-12-20(24)23-15-5-6-19(16-23)22-13-3-1-2-4-14-22/h7-8,10-11,19H,1-6,9,12-16H2. The molecule has 2 saturated heterocycles. The van der Waals surface area contributed by atoms with Crippen molar-refractivity contribution in [2.24, 2.45) is 0 Å². The van der Waals surface area contributed by atoms with Crippen LogP contribution in [-0.4, -0.2) is 47.9 Å². The number of carbonyl (C=O) groups excluding carboxylic acids is 1. The molecule has 2 heterocycles. The number of piperidine rings is 1. The van der Waals surface area contributed by atoms with Gasteiger partial charge in [0.25, 0.3) is 0 Å². The predicted molar refractivity (Wildman–Crippen MR) is 94.4 cm³/mol. The van der Waals surface area contributed by atoms with Crippen molar-refractivity contribution in [2.45, 2.75) is 57.4 Å². The molecular weight excluding hydrogens is 303 g/mol. The van der Waals surface area contributed by atoms with Gasteiger partial charge in [-0.05, 0) is 62.9 Å². The number of amides is 1. The first-order valence-electron chi connectivity index (χ1n) is 9.48. The number of nitrogens with zero attached hydrogens (tertiary/aromatic N) is 2. The lowest BCUT2D eigenvalue weighted by molar-refractivity contribution is -0.133. The Morgan fingerprint density at radius 1 is 1.00 bits per heavy atom. The van der Waals surface area contributed by atoms with E-state index >= 15 is 0 Å². The van der Waals surface area contributed by atoms with E-state index in [-0.39, 0.29) is 11.7 Å². The van der Waals surface area contributed by atoms with Crippen LogP contribution in [0.1, 0.15) is 50.5 Å². The Labute approximate surface area is 144 Å². The molecule has 3 nitrogen and oxygen atoms in total. The first-order chi connectivity index (χ1) is 11.7. The number of rotatable bonds is 4. The molecule has 0 aliphatic carbocycles. The van der Waals surface area contributed by atoms with Gasteiger partial charge in [0, 0.05) is 25.6 Å². The Hall–Kier alpha value is -1.42. The summed E-state index contributed by atoms with van der Waals surface area (Å²) >= 11 is 0. The van der Waals surface area contributed by atoms with Gasteiger partial charge >= 0.3 is 0 Å². The van der Waals surface area contributed by atoms with Crippen LogP contribution in [-0.2, 0) is 11.2 Å². The van der Waals surface area contributed by atoms with E-state index in [1.54, 1.807) is 12.1 Å². The third-order valence-corrected chi connectivity index (χ3v) is 5.45. The topological polar surface area (TPSA) is 23.6 Å². The first kappa shape index (κ1) is 17.4. The van der Waals surface area contributed by atoms with Crippen molar-refractivity contribution >= 4 is 5.91 Å². The Kier molecular flexibility index (Phi) is 6.24. The molecule has 132 valence electrons. The summed E-state index contributed by atoms with van der Waals surface area (Å²) in [5.74, 6) is 0.0280. The SMILES string of the molecule is O=C(CCc1ccc(F)cc1)N1CCCC(N2CCCCCC2)C1. The van der Waals surface area contributed by atoms with Crippen molar-refractivity contribution in [3.63, 3.8) is 0 Å². The number of benzene rings is 1. The van der Waals surface area contributed by atoms with Gasteiger partial charge in [0.05, 0.1) is 0 Å². The van der Waals surface area contributed by atoms with Crippen LogP contribution >= 0.6 is 0 Å². The summed E-state index contributed by atoms with van der Waals surface area (Å²) in [6.07, 6.45) is 8.87. The Morgan fingerprint density at radius 2 is 1.71 bits per heavy atom. The van der Waals surface area contributed by atoms with E-state index in [2.05, 4.69) is 9.80 Å². The first-order valence-corrected chi connectivity index (χ1v) is 9.48. The second kappa shape index (κ2) is 8.61. The monoisotopic (exact) mass is 332 g/mol. The van der Waals surface area contributed by atoms with Gasteiger partial charge in [0.15, 0.2) is 0 Å². The summed E-state index contributed by atoms with van der Waals surface area (Å²) in [6, 6.07) is 7.04. The van der Waals surface area contributed by atoms with E-state index in [0.29, 0.717) is 18.9 Å². The fourth-order valence-corrected chi connectivity index (χ4v) is 4.00. The molecule has 0 saturated carbocycles. The van der Waals surface area contributed by atoms with E-state index in [1.807, 2.05) is 0 Å². The van der Waals surface area contributed by atoms with Crippen LogP contribution < -0.4 is 0 Å². The molecule has 1 atom stereocenters. The maximum atomic E-state index is 12.9. The largest absolute Gasteiger partial charge is 0.341 e. The molecule has 1 unspecified atom stereocenters. The number of carbonyl (C=O) groups is 1. The fourth-order valence-electron chi connectivity index (χ4n) is 4.00. The highest BCUT2D eigenvalue weighted by Gasteiger charge is 2.27. The summed E-state index contributed by atoms with van der Waals surface area (Å²) in [5.41, 5.74) is 1.03. The molecular formula is C20H29FN2O. The minimum Gasteiger partial charge on any atom is -0.341 e. The minimum atomic E-state index is -0.221. The summed E-state index contributed by atoms with van der Waals surface area (Å²) in [6.45, 7) is 4.18. The normalized spacial score (nSPS) is 23.0. The van der Waals surface area contributed by atoms with Crippen molar-refractivity contribution in [2.75, 3.05) is 26.2 Å². The van der Waals surface area contributed by atoms with Crippen molar-refractivity contribution in [3.8, 4) is 0 Å². The molecule has 2 aliphatic rings. The molecule has 4 heteroatoms. The van der Waals surface area contributed by atoms with Crippen molar-refractivity contribution < 1.29 is 9.18 Å². The average Bonchev–Trinajstić information content (AvgIpc) is 2.90. The van der Waals surface area contributed by atoms with Crippen molar-refractivity contribution in [3.05, 3.63) is 35.6 Å². The Morgan fingerprint density at radius 3 is 2.42 bits per heavy atom. The highest BCUT2D eigenvalue weighted by Crippen LogP contribution is 2.21. The number of hydrogen-bond donors (Lipinski definition) is 0. The van der Waals surface area contributed by atoms with Gasteiger partial charge in [-0.1, -0.05) is 25.0 Å². The Bertz CT molecular complexity index is 523. The molecule has 2 aliphatic heterocycles. The van der Waals surface area contributed by atoms with E-state index in [9.17, 15) is 9.18 Å². The van der Waals surface area contributed by atoms with E-state index in [0.717, 1.165) is 25.1 Å². The zero-order valence-corrected chi connectivity index (χ0v) is 14.6. The van der Waals surface area contributed by atoms with Crippen LogP contribution in [0.4, 0.5) is 4.39 Å². The maximum absolute atomic E-state index is 12.9. The summed E-state index contributed by atoms with van der Waals surface area (Å²) in [5, 5.41) is 0. The lowest BCUT2D eigenvalue weighted by Crippen LogP contribution is -2.50. The van der Waals surface area contributed by atoms with Crippen molar-refractivity contribution in [1.82, 2.24) is 9.80 Å². The van der Waals surface area contributed by atoms with Crippen LogP contribution in [0.2, 0.25) is 0 Å². The summed E-state index contributed by atoms with van der Waals surface area (Å²) < 4.78 is 12.9. The second-order valence-corrected chi connectivity index (χ2v) is 7.21. The molecule has 24 heavy (non-hydrogen) atoms. The zero-order chi connectivity index (χ0) is 16.8. The van der Waals surface area contributed by atoms with Gasteiger partial charge in [0.2, 0.25) is 5.91 Å². The summed E-state index contributed by atoms with van der Waals surface area (Å²) in [4.78, 5) is 17.2. The van der Waals surface area contributed by atoms with Gasteiger partial charge < -0.3 is 4.90 Å². The smallest absolute Gasteiger partial charge is 0.222 e. The third-order valence-electron chi connectivity index (χ3n) is 5.45. The number of halogens is 1. The molecule has 0 spiro atoms. The maximum Gasteiger partial charge on any atom is 0.222 e. The fraction of sp³-hybridized carbons (Fsp3) is 0.650. The highest BCUT2D eigenvalue weighted by molar-refractivity contribution is 5.76. The molecule has 1 amide bonds. The van der Waals surface area contributed by atoms with E-state index < -0.39 is 0 Å². The van der Waals surface area contributed by atoms with Gasteiger partial charge in [-0.2, -0.15) is 0 Å². The van der Waals surface area contributed by atoms with Gasteiger partial charge in [-0.25, -0.2) is 4.39 Å². The lowest BCUT2D eigenvalue weighted by Gasteiger charge is -2.39. The van der Waals surface area contributed by atoms with Crippen LogP contribution in [0.5, 0.6) is 0 Å². The molecule has 2 fully saturated rings. The molecule has 0 aromatic heterocycles. The molecule has 0 N–H and O–H groups in total. The average molecular weight is 332 g/mol. The molecule has 1 aromatic rings. The third kappa shape index (κ3) is 4.79.